The van der Waals surface area contributed by atoms with Gasteiger partial charge in [-0.05, 0) is 19.3 Å². The molecule has 1 aliphatic carbocycles. The Hall–Kier alpha value is -0.610. The first-order valence-corrected chi connectivity index (χ1v) is 5.35. The number of rotatable bonds is 0. The van der Waals surface area contributed by atoms with Gasteiger partial charge in [0.25, 0.3) is 0 Å². The van der Waals surface area contributed by atoms with Gasteiger partial charge in [-0.3, -0.25) is 4.79 Å². The van der Waals surface area contributed by atoms with Gasteiger partial charge in [0.1, 0.15) is 0 Å². The lowest BCUT2D eigenvalue weighted by atomic mass is 9.90. The van der Waals surface area contributed by atoms with Crippen molar-refractivity contribution >= 4 is 5.91 Å². The van der Waals surface area contributed by atoms with E-state index in [9.17, 15) is 4.79 Å². The molecule has 3 aliphatic rings. The van der Waals surface area contributed by atoms with Crippen LogP contribution in [0.5, 0.6) is 0 Å². The van der Waals surface area contributed by atoms with Crippen molar-refractivity contribution in [3.8, 4) is 0 Å². The normalized spacial score (nSPS) is 39.9. The molecule has 4 heteroatoms. The summed E-state index contributed by atoms with van der Waals surface area (Å²) in [5.41, 5.74) is -0.208. The van der Waals surface area contributed by atoms with E-state index in [1.165, 1.54) is 0 Å². The minimum Gasteiger partial charge on any atom is -0.345 e. The SMILES string of the molecule is O=C1CC[C@@]2(CCCC23OCCO3)N1. The first kappa shape index (κ1) is 8.68. The number of amides is 1. The largest absolute Gasteiger partial charge is 0.345 e. The van der Waals surface area contributed by atoms with E-state index in [0.29, 0.717) is 19.6 Å². The molecule has 3 fully saturated rings. The smallest absolute Gasteiger partial charge is 0.220 e. The molecule has 0 aromatic heterocycles. The van der Waals surface area contributed by atoms with Gasteiger partial charge in [0.05, 0.1) is 18.8 Å². The fourth-order valence-electron chi connectivity index (χ4n) is 3.12. The van der Waals surface area contributed by atoms with Crippen molar-refractivity contribution in [2.75, 3.05) is 13.2 Å². The molecule has 1 N–H and O–H groups in total. The van der Waals surface area contributed by atoms with E-state index < -0.39 is 5.79 Å². The van der Waals surface area contributed by atoms with Crippen LogP contribution in [0.4, 0.5) is 0 Å². The van der Waals surface area contributed by atoms with Gasteiger partial charge >= 0.3 is 0 Å². The maximum absolute atomic E-state index is 11.3. The van der Waals surface area contributed by atoms with E-state index in [1.54, 1.807) is 0 Å². The summed E-state index contributed by atoms with van der Waals surface area (Å²) in [6.07, 6.45) is 4.49. The Morgan fingerprint density at radius 2 is 1.93 bits per heavy atom. The molecule has 2 saturated heterocycles. The third kappa shape index (κ3) is 0.929. The molecule has 2 spiro atoms. The molecule has 2 aliphatic heterocycles. The lowest BCUT2D eigenvalue weighted by molar-refractivity contribution is -0.195. The third-order valence-corrected chi connectivity index (χ3v) is 3.75. The molecule has 4 nitrogen and oxygen atoms in total. The minimum absolute atomic E-state index is 0.144. The average molecular weight is 197 g/mol. The average Bonchev–Trinajstić information content (AvgIpc) is 2.82. The second-order valence-electron chi connectivity index (χ2n) is 4.43. The van der Waals surface area contributed by atoms with Crippen LogP contribution in [0.25, 0.3) is 0 Å². The van der Waals surface area contributed by atoms with Crippen molar-refractivity contribution < 1.29 is 14.3 Å². The highest BCUT2D eigenvalue weighted by Gasteiger charge is 2.61. The molecule has 1 atom stereocenters. The van der Waals surface area contributed by atoms with Crippen LogP contribution in [0.1, 0.15) is 32.1 Å². The predicted molar refractivity (Wildman–Crippen MR) is 48.6 cm³/mol. The Morgan fingerprint density at radius 1 is 1.14 bits per heavy atom. The van der Waals surface area contributed by atoms with Crippen LogP contribution in [0.2, 0.25) is 0 Å². The van der Waals surface area contributed by atoms with E-state index in [0.717, 1.165) is 25.7 Å². The number of nitrogens with one attached hydrogen (secondary N) is 1. The lowest BCUT2D eigenvalue weighted by Crippen LogP contribution is -2.57. The van der Waals surface area contributed by atoms with Crippen molar-refractivity contribution in [1.82, 2.24) is 5.32 Å². The van der Waals surface area contributed by atoms with Crippen LogP contribution in [0, 0.1) is 0 Å². The van der Waals surface area contributed by atoms with Crippen LogP contribution in [-0.4, -0.2) is 30.4 Å². The standard InChI is InChI=1S/C10H15NO3/c12-8-2-5-9(11-8)3-1-4-10(9)13-6-7-14-10/h1-7H2,(H,11,12)/t9-/m1/s1. The summed E-state index contributed by atoms with van der Waals surface area (Å²) in [6.45, 7) is 1.33. The number of ether oxygens (including phenoxy) is 2. The van der Waals surface area contributed by atoms with E-state index in [4.69, 9.17) is 9.47 Å². The minimum atomic E-state index is -0.487. The van der Waals surface area contributed by atoms with Gasteiger partial charge in [0.15, 0.2) is 5.79 Å². The quantitative estimate of drug-likeness (QED) is 0.617. The van der Waals surface area contributed by atoms with Crippen LogP contribution >= 0.6 is 0 Å². The summed E-state index contributed by atoms with van der Waals surface area (Å²) >= 11 is 0. The fourth-order valence-corrected chi connectivity index (χ4v) is 3.12. The summed E-state index contributed by atoms with van der Waals surface area (Å²) in [5, 5.41) is 3.07. The topological polar surface area (TPSA) is 47.6 Å². The van der Waals surface area contributed by atoms with Crippen LogP contribution < -0.4 is 5.32 Å². The molecule has 0 bridgehead atoms. The molecule has 1 saturated carbocycles. The molecule has 0 radical (unpaired) electrons. The summed E-state index contributed by atoms with van der Waals surface area (Å²) in [5.74, 6) is -0.343. The van der Waals surface area contributed by atoms with Crippen LogP contribution in [-0.2, 0) is 14.3 Å². The van der Waals surface area contributed by atoms with Gasteiger partial charge < -0.3 is 14.8 Å². The van der Waals surface area contributed by atoms with Gasteiger partial charge in [-0.15, -0.1) is 0 Å². The molecule has 78 valence electrons. The first-order chi connectivity index (χ1) is 6.77. The maximum Gasteiger partial charge on any atom is 0.220 e. The number of carbonyl (C=O) groups excluding carboxylic acids is 1. The molecular weight excluding hydrogens is 182 g/mol. The molecular formula is C10H15NO3. The Balaban J connectivity index is 1.94. The highest BCUT2D eigenvalue weighted by molar-refractivity contribution is 5.79. The van der Waals surface area contributed by atoms with Crippen molar-refractivity contribution in [1.29, 1.82) is 0 Å². The second-order valence-corrected chi connectivity index (χ2v) is 4.43. The zero-order chi connectivity index (χ0) is 9.65. The Labute approximate surface area is 82.9 Å². The summed E-state index contributed by atoms with van der Waals surface area (Å²) in [7, 11) is 0. The van der Waals surface area contributed by atoms with E-state index >= 15 is 0 Å². The zero-order valence-electron chi connectivity index (χ0n) is 8.17. The molecule has 0 unspecified atom stereocenters. The predicted octanol–water partition coefficient (Wildman–Crippen LogP) is 0.562. The van der Waals surface area contributed by atoms with Crippen LogP contribution in [0.15, 0.2) is 0 Å². The van der Waals surface area contributed by atoms with Gasteiger partial charge in [-0.25, -0.2) is 0 Å². The van der Waals surface area contributed by atoms with Crippen molar-refractivity contribution in [2.24, 2.45) is 0 Å². The zero-order valence-corrected chi connectivity index (χ0v) is 8.17. The summed E-state index contributed by atoms with van der Waals surface area (Å²) < 4.78 is 11.5. The highest BCUT2D eigenvalue weighted by atomic mass is 16.7. The molecule has 1 amide bonds. The van der Waals surface area contributed by atoms with E-state index in [2.05, 4.69) is 5.32 Å². The van der Waals surface area contributed by atoms with E-state index in [-0.39, 0.29) is 11.4 Å². The molecule has 2 heterocycles. The van der Waals surface area contributed by atoms with E-state index in [1.807, 2.05) is 0 Å². The highest BCUT2D eigenvalue weighted by Crippen LogP contribution is 2.49. The van der Waals surface area contributed by atoms with Crippen molar-refractivity contribution in [3.63, 3.8) is 0 Å². The number of fused-ring (bicyclic) bond motifs is 1. The van der Waals surface area contributed by atoms with Gasteiger partial charge in [0.2, 0.25) is 5.91 Å². The van der Waals surface area contributed by atoms with Crippen molar-refractivity contribution in [2.45, 2.75) is 43.4 Å². The molecule has 0 aromatic carbocycles. The summed E-state index contributed by atoms with van der Waals surface area (Å²) in [4.78, 5) is 11.3. The first-order valence-electron chi connectivity index (χ1n) is 5.35. The van der Waals surface area contributed by atoms with Crippen molar-refractivity contribution in [3.05, 3.63) is 0 Å². The second kappa shape index (κ2) is 2.70. The number of hydrogen-bond donors (Lipinski definition) is 1. The van der Waals surface area contributed by atoms with Gasteiger partial charge in [-0.1, -0.05) is 0 Å². The Bertz CT molecular complexity index is 267. The lowest BCUT2D eigenvalue weighted by Gasteiger charge is -2.38. The third-order valence-electron chi connectivity index (χ3n) is 3.75. The molecule has 0 aromatic rings. The summed E-state index contributed by atoms with van der Waals surface area (Å²) in [6, 6.07) is 0. The van der Waals surface area contributed by atoms with Crippen LogP contribution in [0.3, 0.4) is 0 Å². The Kier molecular flexibility index (Phi) is 1.67. The molecule has 3 rings (SSSR count). The Morgan fingerprint density at radius 3 is 2.57 bits per heavy atom. The number of carbonyl (C=O) groups is 1. The molecule has 14 heavy (non-hydrogen) atoms. The maximum atomic E-state index is 11.3. The van der Waals surface area contributed by atoms with Gasteiger partial charge in [0, 0.05) is 12.8 Å². The monoisotopic (exact) mass is 197 g/mol. The fraction of sp³-hybridized carbons (Fsp3) is 0.900. The number of hydrogen-bond acceptors (Lipinski definition) is 3. The van der Waals surface area contributed by atoms with Gasteiger partial charge in [-0.2, -0.15) is 0 Å².